The van der Waals surface area contributed by atoms with Gasteiger partial charge in [0.1, 0.15) is 18.8 Å². The van der Waals surface area contributed by atoms with E-state index in [1.54, 1.807) is 33.7 Å². The zero-order chi connectivity index (χ0) is 28.6. The predicted molar refractivity (Wildman–Crippen MR) is 144 cm³/mol. The minimum atomic E-state index is -1.63. The number of pyridine rings is 1. The van der Waals surface area contributed by atoms with Gasteiger partial charge >= 0.3 is 6.09 Å². The Morgan fingerprint density at radius 3 is 2.67 bits per heavy atom. The summed E-state index contributed by atoms with van der Waals surface area (Å²) < 4.78 is 22.2. The second-order valence-electron chi connectivity index (χ2n) is 10.9. The molecule has 1 saturated heterocycles. The van der Waals surface area contributed by atoms with Gasteiger partial charge in [0, 0.05) is 18.3 Å². The summed E-state index contributed by atoms with van der Waals surface area (Å²) in [5.74, 6) is -0.706. The molecule has 40 heavy (non-hydrogen) atoms. The van der Waals surface area contributed by atoms with Crippen LogP contribution < -0.4 is 10.6 Å². The number of hydrogen-bond donors (Lipinski definition) is 2. The highest BCUT2D eigenvalue weighted by atomic mass is 19.1. The van der Waals surface area contributed by atoms with E-state index in [2.05, 4.69) is 16.2 Å². The summed E-state index contributed by atoms with van der Waals surface area (Å²) >= 11 is 0. The van der Waals surface area contributed by atoms with Gasteiger partial charge in [-0.1, -0.05) is 0 Å². The van der Waals surface area contributed by atoms with Crippen LogP contribution in [0.5, 0.6) is 0 Å². The van der Waals surface area contributed by atoms with Gasteiger partial charge < -0.3 is 25.4 Å². The normalized spacial score (nSPS) is 20.3. The van der Waals surface area contributed by atoms with Crippen LogP contribution in [0.2, 0.25) is 0 Å². The lowest BCUT2D eigenvalue weighted by molar-refractivity contribution is -0.000591. The maximum absolute atomic E-state index is 15.4. The Balaban J connectivity index is 1.52. The van der Waals surface area contributed by atoms with Crippen molar-refractivity contribution in [3.63, 3.8) is 0 Å². The first kappa shape index (κ1) is 27.3. The Morgan fingerprint density at radius 1 is 1.30 bits per heavy atom. The molecular weight excluding hydrogens is 517 g/mol. The van der Waals surface area contributed by atoms with Crippen molar-refractivity contribution in [3.05, 3.63) is 47.8 Å². The van der Waals surface area contributed by atoms with Gasteiger partial charge in [-0.2, -0.15) is 10.4 Å². The first-order valence-electron chi connectivity index (χ1n) is 13.3. The van der Waals surface area contributed by atoms with Crippen molar-refractivity contribution in [2.45, 2.75) is 63.4 Å². The summed E-state index contributed by atoms with van der Waals surface area (Å²) in [6.07, 6.45) is 3.54. The summed E-state index contributed by atoms with van der Waals surface area (Å²) in [4.78, 5) is 32.7. The zero-order valence-corrected chi connectivity index (χ0v) is 22.5. The predicted octanol–water partition coefficient (Wildman–Crippen LogP) is 3.05. The summed E-state index contributed by atoms with van der Waals surface area (Å²) in [5.41, 5.74) is 6.90. The number of rotatable bonds is 8. The van der Waals surface area contributed by atoms with Gasteiger partial charge in [-0.05, 0) is 63.8 Å². The maximum atomic E-state index is 15.4. The van der Waals surface area contributed by atoms with E-state index in [1.807, 2.05) is 4.90 Å². The Hall–Kier alpha value is -4.24. The van der Waals surface area contributed by atoms with Crippen molar-refractivity contribution < 1.29 is 23.8 Å². The molecule has 1 aliphatic carbocycles. The van der Waals surface area contributed by atoms with Gasteiger partial charge in [0.15, 0.2) is 0 Å². The summed E-state index contributed by atoms with van der Waals surface area (Å²) in [7, 11) is 0. The third kappa shape index (κ3) is 5.29. The molecule has 5 rings (SSSR count). The highest BCUT2D eigenvalue weighted by molar-refractivity contribution is 5.99. The summed E-state index contributed by atoms with van der Waals surface area (Å²) in [5, 5.41) is 24.0. The molecule has 0 aromatic carbocycles. The molecule has 0 bridgehead atoms. The van der Waals surface area contributed by atoms with Crippen LogP contribution in [0.15, 0.2) is 36.7 Å². The molecule has 3 aromatic rings. The number of halogens is 1. The van der Waals surface area contributed by atoms with E-state index in [1.165, 1.54) is 26.2 Å². The number of nitrogens with two attached hydrogens (primary N) is 1. The van der Waals surface area contributed by atoms with Crippen LogP contribution in [0.4, 0.5) is 14.9 Å². The smallest absolute Gasteiger partial charge is 0.410 e. The number of aliphatic hydroxyl groups is 1. The fourth-order valence-corrected chi connectivity index (χ4v) is 5.53. The summed E-state index contributed by atoms with van der Waals surface area (Å²) in [6.45, 7) is 3.58. The van der Waals surface area contributed by atoms with Crippen molar-refractivity contribution in [1.29, 1.82) is 5.26 Å². The van der Waals surface area contributed by atoms with E-state index in [-0.39, 0.29) is 30.3 Å². The van der Waals surface area contributed by atoms with Gasteiger partial charge in [-0.25, -0.2) is 13.7 Å². The van der Waals surface area contributed by atoms with Crippen LogP contribution in [0, 0.1) is 11.3 Å². The molecule has 2 amide bonds. The van der Waals surface area contributed by atoms with E-state index in [4.69, 9.17) is 10.5 Å². The van der Waals surface area contributed by atoms with Gasteiger partial charge in [-0.15, -0.1) is 0 Å². The number of anilines is 1. The van der Waals surface area contributed by atoms with Gasteiger partial charge in [-0.3, -0.25) is 9.78 Å². The maximum Gasteiger partial charge on any atom is 0.410 e. The number of carbonyl (C=O) groups excluding carboxylic acids is 2. The van der Waals surface area contributed by atoms with Crippen molar-refractivity contribution in [3.8, 4) is 17.5 Å². The Morgan fingerprint density at radius 2 is 2.05 bits per heavy atom. The van der Waals surface area contributed by atoms with Gasteiger partial charge in [0.2, 0.25) is 0 Å². The lowest BCUT2D eigenvalue weighted by atomic mass is 9.88. The lowest BCUT2D eigenvalue weighted by Gasteiger charge is -2.42. The van der Waals surface area contributed by atoms with Crippen LogP contribution in [0.1, 0.15) is 55.5 Å². The number of primary amides is 1. The number of cyclic esters (lactones) is 1. The third-order valence-corrected chi connectivity index (χ3v) is 7.81. The van der Waals surface area contributed by atoms with Gasteiger partial charge in [0.05, 0.1) is 58.6 Å². The highest BCUT2D eigenvalue weighted by Crippen LogP contribution is 2.35. The highest BCUT2D eigenvalue weighted by Gasteiger charge is 2.37. The van der Waals surface area contributed by atoms with Crippen molar-refractivity contribution in [2.24, 2.45) is 5.73 Å². The number of nitriles is 1. The third-order valence-electron chi connectivity index (χ3n) is 7.81. The number of ether oxygens (including phenoxy) is 1. The number of alkyl halides is 1. The molecule has 1 atom stereocenters. The molecule has 4 heterocycles. The molecule has 11 nitrogen and oxygen atoms in total. The topological polar surface area (TPSA) is 150 Å². The minimum absolute atomic E-state index is 0.0311. The number of hydrogen-bond acceptors (Lipinski definition) is 8. The first-order valence-corrected chi connectivity index (χ1v) is 13.3. The Kier molecular flexibility index (Phi) is 7.33. The molecule has 2 fully saturated rings. The molecule has 3 N–H and O–H groups in total. The fraction of sp³-hybridized carbons (Fsp3) is 0.464. The molecule has 1 aliphatic heterocycles. The number of nitrogens with zero attached hydrogens (tertiary/aromatic N) is 6. The van der Waals surface area contributed by atoms with Crippen molar-refractivity contribution >= 4 is 23.2 Å². The van der Waals surface area contributed by atoms with Crippen LogP contribution in [0.25, 0.3) is 16.9 Å². The molecule has 0 unspecified atom stereocenters. The first-order chi connectivity index (χ1) is 19.1. The van der Waals surface area contributed by atoms with Crippen LogP contribution in [-0.2, 0) is 4.74 Å². The summed E-state index contributed by atoms with van der Waals surface area (Å²) in [6, 6.07) is 8.93. The molecule has 12 heteroatoms. The van der Waals surface area contributed by atoms with E-state index >= 15 is 4.39 Å². The van der Waals surface area contributed by atoms with Crippen molar-refractivity contribution in [2.75, 3.05) is 24.6 Å². The minimum Gasteiger partial charge on any atom is -0.448 e. The second kappa shape index (κ2) is 10.7. The largest absolute Gasteiger partial charge is 0.448 e. The van der Waals surface area contributed by atoms with E-state index in [0.717, 1.165) is 0 Å². The fourth-order valence-electron chi connectivity index (χ4n) is 5.53. The molecule has 210 valence electrons. The quantitative estimate of drug-likeness (QED) is 0.435. The molecule has 2 aliphatic rings. The molecule has 0 spiro atoms. The molecular formula is C28H32FN7O4. The van der Waals surface area contributed by atoms with Crippen molar-refractivity contribution in [1.82, 2.24) is 19.5 Å². The van der Waals surface area contributed by atoms with E-state index in [9.17, 15) is 20.0 Å². The number of carbonyl (C=O) groups is 2. The second-order valence-corrected chi connectivity index (χ2v) is 10.9. The number of fused-ring (bicyclic) bond motifs is 1. The Bertz CT molecular complexity index is 1470. The van der Waals surface area contributed by atoms with Crippen LogP contribution in [0.3, 0.4) is 0 Å². The van der Waals surface area contributed by atoms with Crippen LogP contribution >= 0.6 is 0 Å². The van der Waals surface area contributed by atoms with Gasteiger partial charge in [0.25, 0.3) is 5.91 Å². The number of amides is 2. The van der Waals surface area contributed by atoms with Crippen LogP contribution in [-0.4, -0.2) is 80.2 Å². The zero-order valence-electron chi connectivity index (χ0n) is 22.5. The average molecular weight is 550 g/mol. The lowest BCUT2D eigenvalue weighted by Crippen LogP contribution is -2.50. The van der Waals surface area contributed by atoms with E-state index < -0.39 is 17.7 Å². The Labute approximate surface area is 230 Å². The van der Waals surface area contributed by atoms with E-state index in [0.29, 0.717) is 67.0 Å². The molecule has 1 saturated carbocycles. The average Bonchev–Trinajstić information content (AvgIpc) is 3.56. The monoisotopic (exact) mass is 549 g/mol. The SMILES string of the molecule is CC(C)(O)[C@H](F)CN(c1cc(-c2ccc3cc(C#N)cnn23)ncc1C(N)=O)C1CCC(N2CCOC2=O)CC1. The number of aromatic nitrogens is 3. The molecule has 0 radical (unpaired) electrons. The standard InChI is InChI=1S/C28H32FN7O4/c1-28(2,39)25(29)16-35(19-5-3-18(4-6-19)34-9-10-40-27(34)38)24-12-22(32-15-21(24)26(31)37)23-8-7-20-11-17(13-30)14-33-36(20)23/h7-8,11-12,14-15,18-19,25,39H,3-6,9-10,16H2,1-2H3,(H2,31,37)/t18?,19?,25-/m1/s1. The molecule has 3 aromatic heterocycles.